The molecule has 0 fully saturated rings. The Hall–Kier alpha value is -0.580. The summed E-state index contributed by atoms with van der Waals surface area (Å²) in [5.74, 6) is -0.320. The number of halogens is 1. The lowest BCUT2D eigenvalue weighted by Crippen LogP contribution is -2.34. The molecule has 0 unspecified atom stereocenters. The van der Waals surface area contributed by atoms with E-state index in [2.05, 4.69) is 36.2 Å². The van der Waals surface area contributed by atoms with Crippen molar-refractivity contribution < 1.29 is 13.2 Å². The summed E-state index contributed by atoms with van der Waals surface area (Å²) in [4.78, 5) is 10.9. The van der Waals surface area contributed by atoms with E-state index in [1.54, 1.807) is 0 Å². The van der Waals surface area contributed by atoms with Crippen LogP contribution in [0.5, 0.6) is 0 Å². The van der Waals surface area contributed by atoms with Crippen LogP contribution in [0, 0.1) is 5.41 Å². The van der Waals surface area contributed by atoms with Gasteiger partial charge in [0.15, 0.2) is 0 Å². The monoisotopic (exact) mass is 398 g/mol. The third kappa shape index (κ3) is 6.37. The zero-order chi connectivity index (χ0) is 16.1. The minimum atomic E-state index is -3.70. The van der Waals surface area contributed by atoms with Crippen molar-refractivity contribution in [1.82, 2.24) is 14.9 Å². The van der Waals surface area contributed by atoms with E-state index in [-0.39, 0.29) is 20.8 Å². The third-order valence-corrected chi connectivity index (χ3v) is 5.82. The maximum Gasteiger partial charge on any atom is 0.269 e. The Bertz CT molecular complexity index is 586. The Balaban J connectivity index is 2.69. The number of sulfonamides is 1. The van der Waals surface area contributed by atoms with Crippen LogP contribution in [0.2, 0.25) is 0 Å². The summed E-state index contributed by atoms with van der Waals surface area (Å²) in [5, 5.41) is 10.7. The zero-order valence-corrected chi connectivity index (χ0v) is 15.4. The Labute approximate surface area is 137 Å². The van der Waals surface area contributed by atoms with E-state index in [0.29, 0.717) is 6.54 Å². The number of anilines is 1. The van der Waals surface area contributed by atoms with Gasteiger partial charge in [0.1, 0.15) is 0 Å². The normalized spacial score (nSPS) is 12.4. The molecule has 1 rings (SSSR count). The van der Waals surface area contributed by atoms with Crippen LogP contribution in [0.15, 0.2) is 4.34 Å². The third-order valence-electron chi connectivity index (χ3n) is 2.65. The van der Waals surface area contributed by atoms with Crippen LogP contribution in [0.25, 0.3) is 0 Å². The topological polar surface area (TPSA) is 101 Å². The van der Waals surface area contributed by atoms with Gasteiger partial charge in [0.25, 0.3) is 10.0 Å². The molecule has 10 heteroatoms. The van der Waals surface area contributed by atoms with E-state index >= 15 is 0 Å². The molecule has 0 atom stereocenters. The van der Waals surface area contributed by atoms with Crippen LogP contribution in [-0.2, 0) is 14.8 Å². The van der Waals surface area contributed by atoms with E-state index in [1.165, 1.54) is 6.92 Å². The van der Waals surface area contributed by atoms with Gasteiger partial charge in [-0.15, -0.1) is 10.2 Å². The van der Waals surface area contributed by atoms with Crippen molar-refractivity contribution in [3.63, 3.8) is 0 Å². The van der Waals surface area contributed by atoms with E-state index in [4.69, 9.17) is 0 Å². The number of hydrogen-bond donors (Lipinski definition) is 2. The first kappa shape index (κ1) is 18.5. The molecule has 120 valence electrons. The number of nitrogens with one attached hydrogen (secondary N) is 2. The highest BCUT2D eigenvalue weighted by molar-refractivity contribution is 9.09. The van der Waals surface area contributed by atoms with Crippen molar-refractivity contribution in [2.24, 2.45) is 5.41 Å². The Morgan fingerprint density at radius 3 is 2.62 bits per heavy atom. The molecule has 21 heavy (non-hydrogen) atoms. The van der Waals surface area contributed by atoms with Gasteiger partial charge in [-0.2, -0.15) is 0 Å². The molecule has 0 radical (unpaired) electrons. The first-order valence-electron chi connectivity index (χ1n) is 6.33. The van der Waals surface area contributed by atoms with Crippen molar-refractivity contribution in [3.8, 4) is 0 Å². The second-order valence-corrected chi connectivity index (χ2v) is 9.05. The number of nitrogens with zero attached hydrogens (tertiary/aromatic N) is 2. The van der Waals surface area contributed by atoms with Gasteiger partial charge < -0.3 is 5.32 Å². The van der Waals surface area contributed by atoms with Gasteiger partial charge in [-0.1, -0.05) is 41.1 Å². The molecule has 0 aliphatic carbocycles. The quantitative estimate of drug-likeness (QED) is 0.514. The predicted molar refractivity (Wildman–Crippen MR) is 86.2 cm³/mol. The van der Waals surface area contributed by atoms with Gasteiger partial charge in [-0.05, 0) is 18.3 Å². The van der Waals surface area contributed by atoms with E-state index < -0.39 is 10.0 Å². The molecule has 1 heterocycles. The molecule has 1 aromatic heterocycles. The Kier molecular flexibility index (Phi) is 6.70. The van der Waals surface area contributed by atoms with Crippen LogP contribution in [-0.4, -0.2) is 36.4 Å². The molecule has 0 aliphatic rings. The number of alkyl halides is 1. The van der Waals surface area contributed by atoms with Gasteiger partial charge in [0.05, 0.1) is 0 Å². The van der Waals surface area contributed by atoms with Gasteiger partial charge >= 0.3 is 0 Å². The average molecular weight is 399 g/mol. The second-order valence-electron chi connectivity index (χ2n) is 5.34. The fourth-order valence-corrected chi connectivity index (χ4v) is 4.01. The van der Waals surface area contributed by atoms with Gasteiger partial charge in [0.2, 0.25) is 15.4 Å². The molecule has 1 amide bonds. The molecule has 7 nitrogen and oxygen atoms in total. The van der Waals surface area contributed by atoms with Gasteiger partial charge in [-0.25, -0.2) is 13.1 Å². The first-order chi connectivity index (χ1) is 9.66. The molecular weight excluding hydrogens is 380 g/mol. The summed E-state index contributed by atoms with van der Waals surface area (Å²) >= 11 is 4.19. The first-order valence-corrected chi connectivity index (χ1v) is 9.75. The van der Waals surface area contributed by atoms with E-state index in [9.17, 15) is 13.2 Å². The highest BCUT2D eigenvalue weighted by Crippen LogP contribution is 2.24. The van der Waals surface area contributed by atoms with E-state index in [1.807, 2.05) is 13.8 Å². The minimum absolute atomic E-state index is 0.147. The summed E-state index contributed by atoms with van der Waals surface area (Å²) in [5.41, 5.74) is -0.147. The highest BCUT2D eigenvalue weighted by Gasteiger charge is 2.25. The molecule has 2 N–H and O–H groups in total. The molecule has 0 saturated carbocycles. The summed E-state index contributed by atoms with van der Waals surface area (Å²) in [6, 6.07) is 0. The lowest BCUT2D eigenvalue weighted by molar-refractivity contribution is -0.114. The molecule has 0 aromatic carbocycles. The maximum absolute atomic E-state index is 12.1. The fourth-order valence-electron chi connectivity index (χ4n) is 1.51. The zero-order valence-electron chi connectivity index (χ0n) is 12.1. The average Bonchev–Trinajstić information content (AvgIpc) is 2.83. The number of hydrogen-bond acceptors (Lipinski definition) is 6. The molecule has 0 spiro atoms. The summed E-state index contributed by atoms with van der Waals surface area (Å²) < 4.78 is 26.6. The second kappa shape index (κ2) is 7.61. The summed E-state index contributed by atoms with van der Waals surface area (Å²) in [6.45, 7) is 5.64. The summed E-state index contributed by atoms with van der Waals surface area (Å²) in [6.07, 6.45) is 1.87. The van der Waals surface area contributed by atoms with Crippen molar-refractivity contribution in [2.45, 2.75) is 38.0 Å². The largest absolute Gasteiger partial charge is 0.301 e. The van der Waals surface area contributed by atoms with Crippen molar-refractivity contribution in [2.75, 3.05) is 17.2 Å². The number of rotatable bonds is 8. The molecule has 0 aliphatic heterocycles. The van der Waals surface area contributed by atoms with Crippen LogP contribution in [0.4, 0.5) is 5.13 Å². The molecule has 0 bridgehead atoms. The predicted octanol–water partition coefficient (Wildman–Crippen LogP) is 1.98. The minimum Gasteiger partial charge on any atom is -0.301 e. The Morgan fingerprint density at radius 1 is 1.38 bits per heavy atom. The van der Waals surface area contributed by atoms with Gasteiger partial charge in [-0.3, -0.25) is 4.79 Å². The van der Waals surface area contributed by atoms with Gasteiger partial charge in [0, 0.05) is 18.8 Å². The lowest BCUT2D eigenvalue weighted by Gasteiger charge is -2.24. The van der Waals surface area contributed by atoms with Crippen molar-refractivity contribution in [3.05, 3.63) is 0 Å². The molecule has 0 saturated heterocycles. The SMILES string of the molecule is CC(=O)Nc1nnc(S(=O)(=O)NCC(C)(C)CCCBr)s1. The van der Waals surface area contributed by atoms with Crippen LogP contribution in [0.3, 0.4) is 0 Å². The lowest BCUT2D eigenvalue weighted by atomic mass is 9.88. The van der Waals surface area contributed by atoms with E-state index in [0.717, 1.165) is 29.5 Å². The number of carbonyl (C=O) groups is 1. The van der Waals surface area contributed by atoms with Crippen LogP contribution < -0.4 is 10.0 Å². The van der Waals surface area contributed by atoms with Crippen molar-refractivity contribution in [1.29, 1.82) is 0 Å². The van der Waals surface area contributed by atoms with Crippen molar-refractivity contribution >= 4 is 48.3 Å². The smallest absolute Gasteiger partial charge is 0.269 e. The maximum atomic E-state index is 12.1. The number of aromatic nitrogens is 2. The summed E-state index contributed by atoms with van der Waals surface area (Å²) in [7, 11) is -3.70. The number of carbonyl (C=O) groups excluding carboxylic acids is 1. The highest BCUT2D eigenvalue weighted by atomic mass is 79.9. The van der Waals surface area contributed by atoms with Crippen LogP contribution >= 0.6 is 27.3 Å². The number of amides is 1. The van der Waals surface area contributed by atoms with Crippen LogP contribution in [0.1, 0.15) is 33.6 Å². The molecule has 1 aromatic rings. The standard InChI is InChI=1S/C11H19BrN4O3S2/c1-8(17)14-9-15-16-10(20-9)21(18,19)13-7-11(2,3)5-4-6-12/h13H,4-7H2,1-3H3,(H,14,15,17). The molecular formula is C11H19BrN4O3S2. The Morgan fingerprint density at radius 2 is 2.05 bits per heavy atom. The fraction of sp³-hybridized carbons (Fsp3) is 0.727.